The number of hydrogen-bond donors (Lipinski definition) is 3. The largest absolute Gasteiger partial charge is 0.393 e. The zero-order valence-electron chi connectivity index (χ0n) is 9.43. The van der Waals surface area contributed by atoms with Crippen molar-refractivity contribution in [3.8, 4) is 11.3 Å². The van der Waals surface area contributed by atoms with Gasteiger partial charge in [0.25, 0.3) is 0 Å². The van der Waals surface area contributed by atoms with Gasteiger partial charge in [-0.05, 0) is 18.9 Å². The van der Waals surface area contributed by atoms with Gasteiger partial charge in [-0.15, -0.1) is 0 Å². The van der Waals surface area contributed by atoms with E-state index in [0.717, 1.165) is 17.0 Å². The van der Waals surface area contributed by atoms with Crippen molar-refractivity contribution in [1.82, 2.24) is 10.2 Å². The molecule has 3 rings (SSSR count). The van der Waals surface area contributed by atoms with E-state index in [9.17, 15) is 5.11 Å². The zero-order chi connectivity index (χ0) is 11.9. The molecule has 0 saturated heterocycles. The standard InChI is InChI=1S/C13H15N3O/c14-13(7-10(17)8-13)12-6-11(15-16-12)9-4-2-1-3-5-9/h1-6,10,17H,7-8,14H2,(H,15,16). The van der Waals surface area contributed by atoms with Gasteiger partial charge in [0.1, 0.15) is 0 Å². The molecule has 0 aliphatic heterocycles. The summed E-state index contributed by atoms with van der Waals surface area (Å²) in [5, 5.41) is 16.6. The Hall–Kier alpha value is -1.65. The lowest BCUT2D eigenvalue weighted by Crippen LogP contribution is -2.51. The molecule has 1 aliphatic rings. The number of nitrogens with one attached hydrogen (secondary N) is 1. The fourth-order valence-electron chi connectivity index (χ4n) is 2.33. The summed E-state index contributed by atoms with van der Waals surface area (Å²) in [6.07, 6.45) is 0.927. The Bertz CT molecular complexity index is 514. The van der Waals surface area contributed by atoms with Crippen LogP contribution < -0.4 is 5.73 Å². The molecule has 17 heavy (non-hydrogen) atoms. The van der Waals surface area contributed by atoms with Crippen LogP contribution in [0.5, 0.6) is 0 Å². The third kappa shape index (κ3) is 1.75. The van der Waals surface area contributed by atoms with Crippen LogP contribution in [0.15, 0.2) is 36.4 Å². The van der Waals surface area contributed by atoms with Gasteiger partial charge in [0.15, 0.2) is 0 Å². The smallest absolute Gasteiger partial charge is 0.0924 e. The SMILES string of the molecule is NC1(c2cc(-c3ccccc3)n[nH]2)CC(O)C1. The van der Waals surface area contributed by atoms with Crippen LogP contribution in [0.2, 0.25) is 0 Å². The normalized spacial score (nSPS) is 27.8. The second kappa shape index (κ2) is 3.68. The molecule has 4 heteroatoms. The van der Waals surface area contributed by atoms with Gasteiger partial charge in [-0.25, -0.2) is 0 Å². The Morgan fingerprint density at radius 3 is 2.65 bits per heavy atom. The number of aromatic amines is 1. The van der Waals surface area contributed by atoms with Gasteiger partial charge in [0, 0.05) is 5.56 Å². The summed E-state index contributed by atoms with van der Waals surface area (Å²) in [5.41, 5.74) is 8.61. The number of aliphatic hydroxyl groups excluding tert-OH is 1. The first-order chi connectivity index (χ1) is 8.17. The Kier molecular flexibility index (Phi) is 2.28. The minimum Gasteiger partial charge on any atom is -0.393 e. The van der Waals surface area contributed by atoms with Gasteiger partial charge in [-0.2, -0.15) is 5.10 Å². The van der Waals surface area contributed by atoms with E-state index in [1.54, 1.807) is 0 Å². The first-order valence-electron chi connectivity index (χ1n) is 5.76. The van der Waals surface area contributed by atoms with E-state index >= 15 is 0 Å². The Balaban J connectivity index is 1.89. The molecule has 0 spiro atoms. The highest BCUT2D eigenvalue weighted by Gasteiger charge is 2.42. The van der Waals surface area contributed by atoms with Crippen molar-refractivity contribution in [1.29, 1.82) is 0 Å². The van der Waals surface area contributed by atoms with Crippen LogP contribution in [0.25, 0.3) is 11.3 Å². The number of nitrogens with zero attached hydrogens (tertiary/aromatic N) is 1. The molecule has 88 valence electrons. The highest BCUT2D eigenvalue weighted by molar-refractivity contribution is 5.59. The second-order valence-corrected chi connectivity index (χ2v) is 4.75. The quantitative estimate of drug-likeness (QED) is 0.728. The van der Waals surface area contributed by atoms with Gasteiger partial charge >= 0.3 is 0 Å². The van der Waals surface area contributed by atoms with Crippen LogP contribution in [-0.2, 0) is 5.54 Å². The number of hydrogen-bond acceptors (Lipinski definition) is 3. The number of aliphatic hydroxyl groups is 1. The second-order valence-electron chi connectivity index (χ2n) is 4.75. The molecule has 0 atom stereocenters. The highest BCUT2D eigenvalue weighted by atomic mass is 16.3. The van der Waals surface area contributed by atoms with Crippen molar-refractivity contribution in [2.45, 2.75) is 24.5 Å². The Morgan fingerprint density at radius 1 is 1.29 bits per heavy atom. The zero-order valence-corrected chi connectivity index (χ0v) is 9.43. The van der Waals surface area contributed by atoms with Crippen molar-refractivity contribution in [3.63, 3.8) is 0 Å². The maximum absolute atomic E-state index is 9.35. The minimum absolute atomic E-state index is 0.275. The summed E-state index contributed by atoms with van der Waals surface area (Å²) >= 11 is 0. The summed E-state index contributed by atoms with van der Waals surface area (Å²) in [7, 11) is 0. The first kappa shape index (κ1) is 10.5. The van der Waals surface area contributed by atoms with Crippen molar-refractivity contribution in [2.75, 3.05) is 0 Å². The predicted octanol–water partition coefficient (Wildman–Crippen LogP) is 1.39. The van der Waals surface area contributed by atoms with Gasteiger partial charge in [-0.1, -0.05) is 30.3 Å². The third-order valence-corrected chi connectivity index (χ3v) is 3.38. The Morgan fingerprint density at radius 2 is 2.00 bits per heavy atom. The minimum atomic E-state index is -0.431. The summed E-state index contributed by atoms with van der Waals surface area (Å²) < 4.78 is 0. The fourth-order valence-corrected chi connectivity index (χ4v) is 2.33. The van der Waals surface area contributed by atoms with Gasteiger partial charge < -0.3 is 10.8 Å². The fraction of sp³-hybridized carbons (Fsp3) is 0.308. The number of aromatic nitrogens is 2. The Labute approximate surface area is 99.5 Å². The molecule has 1 aliphatic carbocycles. The van der Waals surface area contributed by atoms with E-state index in [4.69, 9.17) is 5.73 Å². The molecule has 4 N–H and O–H groups in total. The van der Waals surface area contributed by atoms with Gasteiger partial charge in [0.05, 0.1) is 23.0 Å². The lowest BCUT2D eigenvalue weighted by atomic mass is 9.73. The molecule has 0 unspecified atom stereocenters. The molecular weight excluding hydrogens is 214 g/mol. The molecule has 0 amide bonds. The number of H-pyrrole nitrogens is 1. The van der Waals surface area contributed by atoms with Gasteiger partial charge in [0.2, 0.25) is 0 Å². The van der Waals surface area contributed by atoms with E-state index in [0.29, 0.717) is 12.8 Å². The van der Waals surface area contributed by atoms with Crippen LogP contribution in [-0.4, -0.2) is 21.4 Å². The van der Waals surface area contributed by atoms with Crippen molar-refractivity contribution < 1.29 is 5.11 Å². The van der Waals surface area contributed by atoms with E-state index in [-0.39, 0.29) is 6.10 Å². The molecule has 1 aromatic heterocycles. The van der Waals surface area contributed by atoms with Crippen molar-refractivity contribution >= 4 is 0 Å². The highest BCUT2D eigenvalue weighted by Crippen LogP contribution is 2.38. The summed E-state index contributed by atoms with van der Waals surface area (Å²) in [5.74, 6) is 0. The summed E-state index contributed by atoms with van der Waals surface area (Å²) in [6.45, 7) is 0. The predicted molar refractivity (Wildman–Crippen MR) is 65.1 cm³/mol. The van der Waals surface area contributed by atoms with Crippen LogP contribution in [0.4, 0.5) is 0 Å². The van der Waals surface area contributed by atoms with Crippen LogP contribution in [0.1, 0.15) is 18.5 Å². The monoisotopic (exact) mass is 229 g/mol. The average Bonchev–Trinajstić information content (AvgIpc) is 2.78. The molecule has 4 nitrogen and oxygen atoms in total. The lowest BCUT2D eigenvalue weighted by molar-refractivity contribution is 0.0188. The van der Waals surface area contributed by atoms with Crippen molar-refractivity contribution in [3.05, 3.63) is 42.1 Å². The first-order valence-corrected chi connectivity index (χ1v) is 5.76. The van der Waals surface area contributed by atoms with E-state index in [1.807, 2.05) is 36.4 Å². The molecule has 0 bridgehead atoms. The van der Waals surface area contributed by atoms with Crippen molar-refractivity contribution in [2.24, 2.45) is 5.73 Å². The molecule has 1 heterocycles. The van der Waals surface area contributed by atoms with E-state index in [2.05, 4.69) is 10.2 Å². The van der Waals surface area contributed by atoms with Crippen LogP contribution in [0.3, 0.4) is 0 Å². The summed E-state index contributed by atoms with van der Waals surface area (Å²) in [4.78, 5) is 0. The average molecular weight is 229 g/mol. The van der Waals surface area contributed by atoms with E-state index in [1.165, 1.54) is 0 Å². The maximum Gasteiger partial charge on any atom is 0.0924 e. The number of rotatable bonds is 2. The maximum atomic E-state index is 9.35. The number of benzene rings is 1. The molecule has 1 aromatic carbocycles. The molecular formula is C13H15N3O. The molecule has 1 fully saturated rings. The third-order valence-electron chi connectivity index (χ3n) is 3.38. The molecule has 0 radical (unpaired) electrons. The topological polar surface area (TPSA) is 74.9 Å². The summed E-state index contributed by atoms with van der Waals surface area (Å²) in [6, 6.07) is 11.9. The van der Waals surface area contributed by atoms with Gasteiger partial charge in [-0.3, -0.25) is 5.10 Å². The van der Waals surface area contributed by atoms with Crippen LogP contribution in [0, 0.1) is 0 Å². The lowest BCUT2D eigenvalue weighted by Gasteiger charge is -2.41. The molecule has 1 saturated carbocycles. The molecule has 2 aromatic rings. The number of nitrogens with two attached hydrogens (primary N) is 1. The van der Waals surface area contributed by atoms with Crippen LogP contribution >= 0.6 is 0 Å². The van der Waals surface area contributed by atoms with E-state index < -0.39 is 5.54 Å².